The molecule has 0 aromatic heterocycles. The molecule has 2 atom stereocenters. The van der Waals surface area contributed by atoms with E-state index in [0.717, 1.165) is 13.2 Å². The van der Waals surface area contributed by atoms with E-state index in [0.29, 0.717) is 12.1 Å². The molecule has 0 aliphatic carbocycles. The van der Waals surface area contributed by atoms with Crippen molar-refractivity contribution in [2.24, 2.45) is 0 Å². The number of alkyl halides is 6. The lowest BCUT2D eigenvalue weighted by molar-refractivity contribution is -0.143. The summed E-state index contributed by atoms with van der Waals surface area (Å²) in [4.78, 5) is 38.8. The summed E-state index contributed by atoms with van der Waals surface area (Å²) in [5.41, 5.74) is -7.88. The largest absolute Gasteiger partial charge is 0.464 e. The van der Waals surface area contributed by atoms with Crippen molar-refractivity contribution >= 4 is 18.2 Å². The van der Waals surface area contributed by atoms with Gasteiger partial charge in [-0.05, 0) is 83.9 Å². The summed E-state index contributed by atoms with van der Waals surface area (Å²) < 4.78 is 103. The molecule has 0 bridgehead atoms. The molecule has 15 heteroatoms. The van der Waals surface area contributed by atoms with Gasteiger partial charge in [0.1, 0.15) is 22.4 Å². The third-order valence-corrected chi connectivity index (χ3v) is 6.08. The molecule has 0 unspecified atom stereocenters. The van der Waals surface area contributed by atoms with E-state index in [1.165, 1.54) is 19.1 Å². The minimum absolute atomic E-state index is 0.0116. The van der Waals surface area contributed by atoms with Gasteiger partial charge in [-0.15, -0.1) is 0 Å². The predicted molar refractivity (Wildman–Crippen MR) is 158 cm³/mol. The smallest absolute Gasteiger partial charge is 0.416 e. The molecular formula is C32H38F6N2O7. The van der Waals surface area contributed by atoms with E-state index in [9.17, 15) is 40.7 Å². The Morgan fingerprint density at radius 1 is 0.766 bits per heavy atom. The summed E-state index contributed by atoms with van der Waals surface area (Å²) in [6, 6.07) is 8.75. The van der Waals surface area contributed by atoms with E-state index in [-0.39, 0.29) is 11.6 Å². The van der Waals surface area contributed by atoms with Gasteiger partial charge in [-0.3, -0.25) is 5.32 Å². The summed E-state index contributed by atoms with van der Waals surface area (Å²) in [7, 11) is 1.02. The van der Waals surface area contributed by atoms with E-state index < -0.39 is 82.3 Å². The van der Waals surface area contributed by atoms with Gasteiger partial charge >= 0.3 is 30.5 Å². The first kappa shape index (κ1) is 38.9. The number of nitrogens with one attached hydrogen (secondary N) is 2. The summed E-state index contributed by atoms with van der Waals surface area (Å²) >= 11 is 0. The zero-order chi connectivity index (χ0) is 36.0. The molecule has 0 saturated heterocycles. The molecule has 0 fully saturated rings. The molecule has 0 aliphatic heterocycles. The second-order valence-electron chi connectivity index (χ2n) is 12.4. The molecule has 2 rings (SSSR count). The zero-order valence-electron chi connectivity index (χ0n) is 27.1. The Kier molecular flexibility index (Phi) is 12.1. The van der Waals surface area contributed by atoms with Crippen LogP contribution in [-0.2, 0) is 41.6 Å². The van der Waals surface area contributed by atoms with Crippen LogP contribution in [0.5, 0.6) is 0 Å². The molecule has 0 spiro atoms. The number of esters is 1. The van der Waals surface area contributed by atoms with E-state index in [2.05, 4.69) is 10.6 Å². The Morgan fingerprint density at radius 3 is 1.70 bits per heavy atom. The van der Waals surface area contributed by atoms with E-state index in [1.54, 1.807) is 59.7 Å². The third-order valence-electron chi connectivity index (χ3n) is 6.08. The molecule has 0 radical (unpaired) electrons. The first-order valence-electron chi connectivity index (χ1n) is 14.1. The average Bonchev–Trinajstić information content (AvgIpc) is 2.92. The summed E-state index contributed by atoms with van der Waals surface area (Å²) in [6.07, 6.45) is -12.7. The maximum absolute atomic E-state index is 13.6. The van der Waals surface area contributed by atoms with Crippen LogP contribution in [0, 0.1) is 0 Å². The highest BCUT2D eigenvalue weighted by atomic mass is 19.4. The fraction of sp³-hybridized carbons (Fsp3) is 0.469. The van der Waals surface area contributed by atoms with Gasteiger partial charge in [-0.2, -0.15) is 26.3 Å². The lowest BCUT2D eigenvalue weighted by Crippen LogP contribution is -2.51. The van der Waals surface area contributed by atoms with Crippen LogP contribution >= 0.6 is 0 Å². The average molecular weight is 677 g/mol. The number of amides is 2. The lowest BCUT2D eigenvalue weighted by Gasteiger charge is -2.35. The number of halogens is 6. The van der Waals surface area contributed by atoms with Crippen molar-refractivity contribution in [2.45, 2.75) is 83.7 Å². The minimum Gasteiger partial charge on any atom is -0.464 e. The molecule has 0 aliphatic rings. The standard InChI is InChI=1S/C32H38F6N2O7/c1-19(20-14-22(31(33,34)35)16-23(15-20)32(36,37)38)45-18-30(21-12-10-9-11-13-21,40-27(43)47-29(5,6)7)17-24(25(41)44-8)39-26(42)46-28(2,3)4/h9-17,19H,18H2,1-8H3,(H,39,42)(H,40,43)/b24-17-/t19-,30-/m1/s1. The Balaban J connectivity index is 2.76. The molecule has 2 amide bonds. The number of carbonyl (C=O) groups excluding carboxylic acids is 3. The van der Waals surface area contributed by atoms with E-state index in [1.807, 2.05) is 0 Å². The number of rotatable bonds is 9. The predicted octanol–water partition coefficient (Wildman–Crippen LogP) is 7.80. The summed E-state index contributed by atoms with van der Waals surface area (Å²) in [5, 5.41) is 4.86. The maximum Gasteiger partial charge on any atom is 0.416 e. The van der Waals surface area contributed by atoms with Crippen LogP contribution in [-0.4, -0.2) is 43.1 Å². The van der Waals surface area contributed by atoms with Crippen molar-refractivity contribution in [3.05, 3.63) is 82.6 Å². The van der Waals surface area contributed by atoms with Gasteiger partial charge in [0.2, 0.25) is 0 Å². The molecular weight excluding hydrogens is 638 g/mol. The van der Waals surface area contributed by atoms with Crippen molar-refractivity contribution in [1.29, 1.82) is 0 Å². The fourth-order valence-electron chi connectivity index (χ4n) is 4.06. The molecule has 0 heterocycles. The van der Waals surface area contributed by atoms with Gasteiger partial charge < -0.3 is 24.3 Å². The summed E-state index contributed by atoms with van der Waals surface area (Å²) in [5.74, 6) is -1.09. The second-order valence-corrected chi connectivity index (χ2v) is 12.4. The fourth-order valence-corrected chi connectivity index (χ4v) is 4.06. The van der Waals surface area contributed by atoms with Crippen LogP contribution in [0.3, 0.4) is 0 Å². The van der Waals surface area contributed by atoms with Gasteiger partial charge in [-0.25, -0.2) is 14.4 Å². The van der Waals surface area contributed by atoms with Gasteiger partial charge in [0.15, 0.2) is 0 Å². The Bertz CT molecular complexity index is 1410. The first-order chi connectivity index (χ1) is 21.3. The highest BCUT2D eigenvalue weighted by molar-refractivity contribution is 5.92. The SMILES string of the molecule is COC(=O)/C(=C/[C@](CO[C@H](C)c1cc(C(F)(F)F)cc(C(F)(F)F)c1)(NC(=O)OC(C)(C)C)c1ccccc1)NC(=O)OC(C)(C)C. The van der Waals surface area contributed by atoms with Crippen LogP contribution in [0.15, 0.2) is 60.3 Å². The molecule has 47 heavy (non-hydrogen) atoms. The van der Waals surface area contributed by atoms with E-state index >= 15 is 0 Å². The van der Waals surface area contributed by atoms with Crippen LogP contribution in [0.2, 0.25) is 0 Å². The number of alkyl carbamates (subject to hydrolysis) is 2. The molecule has 2 aromatic rings. The van der Waals surface area contributed by atoms with Crippen molar-refractivity contribution in [3.63, 3.8) is 0 Å². The summed E-state index contributed by atoms with van der Waals surface area (Å²) in [6.45, 7) is 9.93. The maximum atomic E-state index is 13.6. The minimum atomic E-state index is -5.10. The number of hydrogen-bond acceptors (Lipinski definition) is 7. The highest BCUT2D eigenvalue weighted by Crippen LogP contribution is 2.38. The number of carbonyl (C=O) groups is 3. The van der Waals surface area contributed by atoms with Crippen LogP contribution < -0.4 is 10.6 Å². The van der Waals surface area contributed by atoms with Gasteiger partial charge in [0, 0.05) is 0 Å². The van der Waals surface area contributed by atoms with Crippen LogP contribution in [0.1, 0.15) is 76.8 Å². The van der Waals surface area contributed by atoms with Crippen LogP contribution in [0.4, 0.5) is 35.9 Å². The van der Waals surface area contributed by atoms with Crippen molar-refractivity contribution in [3.8, 4) is 0 Å². The highest BCUT2D eigenvalue weighted by Gasteiger charge is 2.40. The Labute approximate surface area is 268 Å². The number of ether oxygens (including phenoxy) is 4. The van der Waals surface area contributed by atoms with Crippen molar-refractivity contribution < 1.29 is 59.7 Å². The molecule has 0 saturated carbocycles. The normalized spacial score (nSPS) is 14.8. The quantitative estimate of drug-likeness (QED) is 0.121. The number of benzene rings is 2. The van der Waals surface area contributed by atoms with Crippen molar-refractivity contribution in [1.82, 2.24) is 10.6 Å². The second kappa shape index (κ2) is 14.7. The monoisotopic (exact) mass is 676 g/mol. The number of methoxy groups -OCH3 is 1. The van der Waals surface area contributed by atoms with E-state index in [4.69, 9.17) is 18.9 Å². The Morgan fingerprint density at radius 2 is 1.26 bits per heavy atom. The molecule has 2 aromatic carbocycles. The number of hydrogen-bond donors (Lipinski definition) is 2. The topological polar surface area (TPSA) is 112 Å². The Hall–Kier alpha value is -4.27. The van der Waals surface area contributed by atoms with Gasteiger partial charge in [-0.1, -0.05) is 30.3 Å². The molecule has 2 N–H and O–H groups in total. The third kappa shape index (κ3) is 12.1. The van der Waals surface area contributed by atoms with Gasteiger partial charge in [0.25, 0.3) is 0 Å². The van der Waals surface area contributed by atoms with Crippen LogP contribution in [0.25, 0.3) is 0 Å². The van der Waals surface area contributed by atoms with Gasteiger partial charge in [0.05, 0.1) is 30.9 Å². The molecule has 260 valence electrons. The lowest BCUT2D eigenvalue weighted by atomic mass is 9.89. The van der Waals surface area contributed by atoms with Crippen molar-refractivity contribution in [2.75, 3.05) is 13.7 Å². The zero-order valence-corrected chi connectivity index (χ0v) is 27.1. The first-order valence-corrected chi connectivity index (χ1v) is 14.1. The molecule has 9 nitrogen and oxygen atoms in total.